The van der Waals surface area contributed by atoms with Crippen molar-refractivity contribution in [2.75, 3.05) is 12.8 Å². The van der Waals surface area contributed by atoms with Gasteiger partial charge in [-0.2, -0.15) is 0 Å². The van der Waals surface area contributed by atoms with Gasteiger partial charge in [0.1, 0.15) is 6.20 Å². The normalized spacial score (nSPS) is 17.6. The van der Waals surface area contributed by atoms with Crippen molar-refractivity contribution in [3.05, 3.63) is 24.0 Å². The number of quaternary nitrogens is 1. The molecule has 0 saturated carbocycles. The zero-order chi connectivity index (χ0) is 15.4. The quantitative estimate of drug-likeness (QED) is 0.552. The van der Waals surface area contributed by atoms with E-state index in [0.29, 0.717) is 6.26 Å². The average molecular weight is 303 g/mol. The van der Waals surface area contributed by atoms with Gasteiger partial charge in [-0.1, -0.05) is 39.5 Å². The fourth-order valence-electron chi connectivity index (χ4n) is 2.08. The van der Waals surface area contributed by atoms with Crippen molar-refractivity contribution in [3.63, 3.8) is 0 Å². The third kappa shape index (κ3) is 13.8. The SMILES string of the molecule is CCCCCCC[NH+]1C=CC(CCC)=C1.CS(=O)(=O)[O-]. The lowest BCUT2D eigenvalue weighted by Crippen LogP contribution is -3.01. The molecule has 1 rings (SSSR count). The minimum atomic E-state index is -3.92. The zero-order valence-corrected chi connectivity index (χ0v) is 13.8. The highest BCUT2D eigenvalue weighted by Gasteiger charge is 2.09. The Kier molecular flexibility index (Phi) is 10.7. The molecule has 1 aliphatic rings. The van der Waals surface area contributed by atoms with E-state index in [0.717, 1.165) is 0 Å². The molecule has 0 bridgehead atoms. The largest absolute Gasteiger partial charge is 0.748 e. The van der Waals surface area contributed by atoms with Gasteiger partial charge in [0.2, 0.25) is 0 Å². The third-order valence-corrected chi connectivity index (χ3v) is 2.99. The summed E-state index contributed by atoms with van der Waals surface area (Å²) in [4.78, 5) is 1.55. The van der Waals surface area contributed by atoms with Crippen molar-refractivity contribution in [1.29, 1.82) is 0 Å². The lowest BCUT2D eigenvalue weighted by molar-refractivity contribution is -0.788. The molecule has 1 heterocycles. The minimum Gasteiger partial charge on any atom is -0.748 e. The van der Waals surface area contributed by atoms with Crippen LogP contribution in [-0.2, 0) is 10.1 Å². The second kappa shape index (κ2) is 11.1. The molecule has 4 nitrogen and oxygen atoms in total. The molecule has 0 saturated heterocycles. The highest BCUT2D eigenvalue weighted by Crippen LogP contribution is 2.06. The number of allylic oxidation sites excluding steroid dienone is 2. The molecule has 1 N–H and O–H groups in total. The van der Waals surface area contributed by atoms with Crippen LogP contribution in [-0.4, -0.2) is 25.8 Å². The summed E-state index contributed by atoms with van der Waals surface area (Å²) >= 11 is 0. The van der Waals surface area contributed by atoms with Crippen LogP contribution < -0.4 is 4.90 Å². The van der Waals surface area contributed by atoms with Gasteiger partial charge in [-0.15, -0.1) is 0 Å². The zero-order valence-electron chi connectivity index (χ0n) is 13.0. The maximum atomic E-state index is 9.08. The number of hydrogen-bond donors (Lipinski definition) is 1. The number of nitrogens with one attached hydrogen (secondary N) is 1. The predicted octanol–water partition coefficient (Wildman–Crippen LogP) is 2.21. The van der Waals surface area contributed by atoms with Crippen LogP contribution in [0.15, 0.2) is 24.0 Å². The lowest BCUT2D eigenvalue weighted by atomic mass is 10.1. The molecule has 0 spiro atoms. The summed E-state index contributed by atoms with van der Waals surface area (Å²) in [6.07, 6.45) is 17.1. The fourth-order valence-corrected chi connectivity index (χ4v) is 2.08. The molecule has 1 aliphatic heterocycles. The predicted molar refractivity (Wildman–Crippen MR) is 82.3 cm³/mol. The van der Waals surface area contributed by atoms with E-state index >= 15 is 0 Å². The fraction of sp³-hybridized carbons (Fsp3) is 0.733. The molecule has 20 heavy (non-hydrogen) atoms. The second-order valence-corrected chi connectivity index (χ2v) is 6.65. The smallest absolute Gasteiger partial charge is 0.102 e. The molecule has 0 aliphatic carbocycles. The Bertz CT molecular complexity index is 391. The maximum absolute atomic E-state index is 9.08. The molecule has 0 aromatic heterocycles. The van der Waals surface area contributed by atoms with Crippen LogP contribution in [0.5, 0.6) is 0 Å². The van der Waals surface area contributed by atoms with E-state index in [2.05, 4.69) is 32.3 Å². The first-order chi connectivity index (χ1) is 9.36. The van der Waals surface area contributed by atoms with Crippen LogP contribution in [0.25, 0.3) is 0 Å². The first kappa shape index (κ1) is 19.4. The van der Waals surface area contributed by atoms with Crippen molar-refractivity contribution in [2.24, 2.45) is 0 Å². The molecule has 0 aromatic rings. The molecule has 1 unspecified atom stereocenters. The summed E-state index contributed by atoms with van der Waals surface area (Å²) in [5, 5.41) is 0. The first-order valence-electron chi connectivity index (χ1n) is 7.52. The third-order valence-electron chi connectivity index (χ3n) is 2.99. The maximum Gasteiger partial charge on any atom is 0.102 e. The molecule has 0 fully saturated rings. The van der Waals surface area contributed by atoms with Crippen molar-refractivity contribution < 1.29 is 17.9 Å². The van der Waals surface area contributed by atoms with Crippen LogP contribution in [0.4, 0.5) is 0 Å². The van der Waals surface area contributed by atoms with Crippen molar-refractivity contribution >= 4 is 10.1 Å². The Morgan fingerprint density at radius 1 is 1.10 bits per heavy atom. The number of unbranched alkanes of at least 4 members (excludes halogenated alkanes) is 4. The van der Waals surface area contributed by atoms with Crippen LogP contribution in [0.3, 0.4) is 0 Å². The monoisotopic (exact) mass is 303 g/mol. The Hall–Kier alpha value is -0.650. The summed E-state index contributed by atoms with van der Waals surface area (Å²) < 4.78 is 27.2. The Labute approximate surface area is 124 Å². The van der Waals surface area contributed by atoms with Crippen molar-refractivity contribution in [3.8, 4) is 0 Å². The molecule has 5 heteroatoms. The summed E-state index contributed by atoms with van der Waals surface area (Å²) in [7, 11) is -3.92. The molecule has 0 aromatic carbocycles. The van der Waals surface area contributed by atoms with Gasteiger partial charge < -0.3 is 4.55 Å². The van der Waals surface area contributed by atoms with Crippen LogP contribution in [0.2, 0.25) is 0 Å². The van der Waals surface area contributed by atoms with E-state index in [1.54, 1.807) is 4.90 Å². The van der Waals surface area contributed by atoms with Gasteiger partial charge >= 0.3 is 0 Å². The van der Waals surface area contributed by atoms with Gasteiger partial charge in [0.05, 0.1) is 22.9 Å². The van der Waals surface area contributed by atoms with Crippen LogP contribution in [0, 0.1) is 0 Å². The van der Waals surface area contributed by atoms with E-state index in [1.807, 2.05) is 0 Å². The van der Waals surface area contributed by atoms with E-state index in [4.69, 9.17) is 13.0 Å². The van der Waals surface area contributed by atoms with E-state index < -0.39 is 10.1 Å². The van der Waals surface area contributed by atoms with E-state index in [1.165, 1.54) is 57.1 Å². The van der Waals surface area contributed by atoms with E-state index in [9.17, 15) is 0 Å². The highest BCUT2D eigenvalue weighted by molar-refractivity contribution is 7.84. The topological polar surface area (TPSA) is 61.6 Å². The standard InChI is InChI=1S/C14H25N.CH4O3S/c1-3-5-6-7-8-11-15-12-10-14(13-15)9-4-2;1-5(2,3)4/h10,12-13H,3-9,11H2,1-2H3;1H3,(H,2,3,4). The van der Waals surface area contributed by atoms with E-state index in [-0.39, 0.29) is 0 Å². The van der Waals surface area contributed by atoms with Crippen LogP contribution >= 0.6 is 0 Å². The average Bonchev–Trinajstić information content (AvgIpc) is 2.75. The van der Waals surface area contributed by atoms with Gasteiger partial charge in [0.15, 0.2) is 0 Å². The summed E-state index contributed by atoms with van der Waals surface area (Å²) in [5.41, 5.74) is 1.53. The Morgan fingerprint density at radius 2 is 1.70 bits per heavy atom. The molecule has 1 atom stereocenters. The summed E-state index contributed by atoms with van der Waals surface area (Å²) in [5.74, 6) is 0. The molecular weight excluding hydrogens is 274 g/mol. The van der Waals surface area contributed by atoms with Gasteiger partial charge in [0.25, 0.3) is 0 Å². The molecular formula is C15H29NO3S. The highest BCUT2D eigenvalue weighted by atomic mass is 32.2. The summed E-state index contributed by atoms with van der Waals surface area (Å²) in [6.45, 7) is 5.80. The first-order valence-corrected chi connectivity index (χ1v) is 9.33. The Morgan fingerprint density at radius 3 is 2.25 bits per heavy atom. The van der Waals surface area contributed by atoms with Gasteiger partial charge in [-0.05, 0) is 19.3 Å². The molecule has 0 radical (unpaired) electrons. The van der Waals surface area contributed by atoms with Gasteiger partial charge in [0, 0.05) is 17.9 Å². The summed E-state index contributed by atoms with van der Waals surface area (Å²) in [6, 6.07) is 0. The van der Waals surface area contributed by atoms with Gasteiger partial charge in [-0.3, -0.25) is 4.90 Å². The second-order valence-electron chi connectivity index (χ2n) is 5.25. The minimum absolute atomic E-state index is 0.604. The Balaban J connectivity index is 0.000000621. The molecule has 0 amide bonds. The number of hydrogen-bond acceptors (Lipinski definition) is 3. The van der Waals surface area contributed by atoms with Crippen molar-refractivity contribution in [2.45, 2.75) is 58.8 Å². The molecule has 118 valence electrons. The van der Waals surface area contributed by atoms with Crippen molar-refractivity contribution in [1.82, 2.24) is 0 Å². The van der Waals surface area contributed by atoms with Gasteiger partial charge in [-0.25, -0.2) is 8.42 Å². The lowest BCUT2D eigenvalue weighted by Gasteiger charge is -2.06. The van der Waals surface area contributed by atoms with Crippen LogP contribution in [0.1, 0.15) is 58.8 Å². The number of rotatable bonds is 8.